The van der Waals surface area contributed by atoms with Crippen LogP contribution in [0.15, 0.2) is 23.2 Å². The van der Waals surface area contributed by atoms with E-state index in [1.54, 1.807) is 18.2 Å². The molecule has 3 rings (SSSR count). The molecule has 1 amide bonds. The van der Waals surface area contributed by atoms with Crippen molar-refractivity contribution in [3.05, 3.63) is 34.9 Å². The fraction of sp³-hybridized carbons (Fsp3) is 0.500. The molecule has 12 nitrogen and oxygen atoms in total. The topological polar surface area (TPSA) is 153 Å². The molecule has 0 aliphatic carbocycles. The summed E-state index contributed by atoms with van der Waals surface area (Å²) in [7, 11) is 0. The molecule has 2 aliphatic heterocycles. The predicted octanol–water partition coefficient (Wildman–Crippen LogP) is 1.25. The van der Waals surface area contributed by atoms with Crippen molar-refractivity contribution >= 4 is 35.7 Å². The highest BCUT2D eigenvalue weighted by Crippen LogP contribution is 2.32. The number of hydrogen-bond donors (Lipinski definition) is 0. The minimum atomic E-state index is -1.48. The van der Waals surface area contributed by atoms with Gasteiger partial charge in [0.2, 0.25) is 18.3 Å². The van der Waals surface area contributed by atoms with E-state index in [0.29, 0.717) is 17.5 Å². The van der Waals surface area contributed by atoms with Gasteiger partial charge < -0.3 is 28.4 Å². The normalized spacial score (nSPS) is 24.8. The molecular weight excluding hydrogens is 478 g/mol. The van der Waals surface area contributed by atoms with Crippen molar-refractivity contribution in [2.75, 3.05) is 6.61 Å². The highest BCUT2D eigenvalue weighted by Gasteiger charge is 2.54. The molecule has 2 heterocycles. The molecule has 1 aromatic rings. The van der Waals surface area contributed by atoms with Crippen LogP contribution in [0, 0.1) is 0 Å². The molecule has 0 bridgehead atoms. The summed E-state index contributed by atoms with van der Waals surface area (Å²) in [6.07, 6.45) is -6.22. The van der Waals surface area contributed by atoms with Crippen molar-refractivity contribution in [3.63, 3.8) is 0 Å². The van der Waals surface area contributed by atoms with Crippen LogP contribution < -0.4 is 0 Å². The monoisotopic (exact) mass is 505 g/mol. The third kappa shape index (κ3) is 6.06. The molecule has 0 spiro atoms. The molecule has 0 radical (unpaired) electrons. The smallest absolute Gasteiger partial charge is 0.303 e. The van der Waals surface area contributed by atoms with Gasteiger partial charge in [0.1, 0.15) is 12.7 Å². The SMILES string of the molecule is CCc1cccc2c1C(=O)N=C2OC1O[C@H](COC(C)=O)[C@H](OC(C)=O)[C@H](OC(C)=O)[C@H]1OC(C)=O. The number of benzene rings is 1. The van der Waals surface area contributed by atoms with Crippen LogP contribution in [0.25, 0.3) is 0 Å². The molecule has 1 unspecified atom stereocenters. The van der Waals surface area contributed by atoms with Gasteiger partial charge in [0.15, 0.2) is 12.2 Å². The number of carbonyl (C=O) groups excluding carboxylic acids is 5. The summed E-state index contributed by atoms with van der Waals surface area (Å²) >= 11 is 0. The molecule has 0 N–H and O–H groups in total. The Morgan fingerprint density at radius 1 is 0.889 bits per heavy atom. The summed E-state index contributed by atoms with van der Waals surface area (Å²) in [4.78, 5) is 63.8. The molecule has 0 saturated carbocycles. The quantitative estimate of drug-likeness (QED) is 0.388. The number of fused-ring (bicyclic) bond motifs is 1. The molecule has 1 fully saturated rings. The van der Waals surface area contributed by atoms with Crippen LogP contribution in [0.2, 0.25) is 0 Å². The lowest BCUT2D eigenvalue weighted by molar-refractivity contribution is -0.291. The van der Waals surface area contributed by atoms with Crippen molar-refractivity contribution in [2.45, 2.75) is 71.7 Å². The van der Waals surface area contributed by atoms with Gasteiger partial charge in [0, 0.05) is 33.3 Å². The second-order valence-electron chi connectivity index (χ2n) is 8.10. The van der Waals surface area contributed by atoms with Crippen LogP contribution in [-0.2, 0) is 54.0 Å². The molecule has 194 valence electrons. The molecule has 2 aliphatic rings. The van der Waals surface area contributed by atoms with Gasteiger partial charge in [-0.3, -0.25) is 24.0 Å². The summed E-state index contributed by atoms with van der Waals surface area (Å²) in [6, 6.07) is 5.18. The van der Waals surface area contributed by atoms with Crippen LogP contribution in [0.4, 0.5) is 0 Å². The van der Waals surface area contributed by atoms with E-state index < -0.39 is 67.1 Å². The lowest BCUT2D eigenvalue weighted by atomic mass is 9.97. The van der Waals surface area contributed by atoms with E-state index in [4.69, 9.17) is 28.4 Å². The van der Waals surface area contributed by atoms with E-state index in [0.717, 1.165) is 26.3 Å². The number of amides is 1. The predicted molar refractivity (Wildman–Crippen MR) is 120 cm³/mol. The number of aryl methyl sites for hydroxylation is 1. The zero-order valence-corrected chi connectivity index (χ0v) is 20.5. The molecular formula is C24H27NO11. The molecule has 5 atom stereocenters. The van der Waals surface area contributed by atoms with Crippen LogP contribution >= 0.6 is 0 Å². The van der Waals surface area contributed by atoms with E-state index in [2.05, 4.69) is 4.99 Å². The molecule has 12 heteroatoms. The first-order valence-corrected chi connectivity index (χ1v) is 11.2. The van der Waals surface area contributed by atoms with Gasteiger partial charge in [-0.2, -0.15) is 4.99 Å². The molecule has 1 saturated heterocycles. The maximum Gasteiger partial charge on any atom is 0.303 e. The van der Waals surface area contributed by atoms with Gasteiger partial charge in [-0.05, 0) is 18.1 Å². The highest BCUT2D eigenvalue weighted by atomic mass is 16.7. The van der Waals surface area contributed by atoms with E-state index in [1.807, 2.05) is 6.92 Å². The van der Waals surface area contributed by atoms with Crippen molar-refractivity contribution in [1.82, 2.24) is 0 Å². The Hall–Kier alpha value is -3.80. The minimum absolute atomic E-state index is 0.0915. The standard InChI is InChI=1S/C24H27NO11/c1-6-15-8-7-9-16-18(15)22(30)25-23(16)36-24-21(34-14(5)29)20(33-13(4)28)19(32-12(3)27)17(35-24)10-31-11(2)26/h7-9,17,19-21,24H,6,10H2,1-5H3/t17-,19+,20+,21-,24?/m1/s1. The largest absolute Gasteiger partial charge is 0.463 e. The number of esters is 4. The van der Waals surface area contributed by atoms with Gasteiger partial charge in [-0.1, -0.05) is 19.1 Å². The Labute approximate surface area is 206 Å². The van der Waals surface area contributed by atoms with Gasteiger partial charge >= 0.3 is 23.9 Å². The Morgan fingerprint density at radius 2 is 1.50 bits per heavy atom. The number of hydrogen-bond acceptors (Lipinski definition) is 11. The van der Waals surface area contributed by atoms with Crippen LogP contribution in [-0.4, -0.2) is 73.0 Å². The Balaban J connectivity index is 2.02. The maximum atomic E-state index is 12.6. The van der Waals surface area contributed by atoms with Crippen molar-refractivity contribution in [2.24, 2.45) is 4.99 Å². The highest BCUT2D eigenvalue weighted by molar-refractivity contribution is 6.19. The van der Waals surface area contributed by atoms with Gasteiger partial charge in [-0.15, -0.1) is 0 Å². The third-order valence-corrected chi connectivity index (χ3v) is 5.35. The summed E-state index contributed by atoms with van der Waals surface area (Å²) in [5.41, 5.74) is 1.55. The van der Waals surface area contributed by atoms with Crippen LogP contribution in [0.3, 0.4) is 0 Å². The molecule has 1 aromatic carbocycles. The van der Waals surface area contributed by atoms with Crippen molar-refractivity contribution in [3.8, 4) is 0 Å². The zero-order valence-electron chi connectivity index (χ0n) is 20.5. The van der Waals surface area contributed by atoms with Gasteiger partial charge in [-0.25, -0.2) is 0 Å². The maximum absolute atomic E-state index is 12.6. The first-order valence-electron chi connectivity index (χ1n) is 11.2. The molecule has 0 aromatic heterocycles. The van der Waals surface area contributed by atoms with Gasteiger partial charge in [0.25, 0.3) is 5.91 Å². The lowest BCUT2D eigenvalue weighted by Gasteiger charge is -2.43. The minimum Gasteiger partial charge on any atom is -0.463 e. The summed E-state index contributed by atoms with van der Waals surface area (Å²) in [6.45, 7) is 6.01. The van der Waals surface area contributed by atoms with E-state index in [1.165, 1.54) is 6.92 Å². The second-order valence-corrected chi connectivity index (χ2v) is 8.10. The summed E-state index contributed by atoms with van der Waals surface area (Å²) in [5.74, 6) is -3.54. The second kappa shape index (κ2) is 11.3. The van der Waals surface area contributed by atoms with Gasteiger partial charge in [0.05, 0.1) is 5.56 Å². The summed E-state index contributed by atoms with van der Waals surface area (Å²) < 4.78 is 32.9. The summed E-state index contributed by atoms with van der Waals surface area (Å²) in [5, 5.41) is 0. The Bertz CT molecular complexity index is 1100. The zero-order chi connectivity index (χ0) is 26.6. The average Bonchev–Trinajstić information content (AvgIpc) is 3.11. The Kier molecular flexibility index (Phi) is 8.41. The number of carbonyl (C=O) groups is 5. The lowest BCUT2D eigenvalue weighted by Crippen LogP contribution is -2.63. The number of ether oxygens (including phenoxy) is 6. The molecule has 36 heavy (non-hydrogen) atoms. The van der Waals surface area contributed by atoms with Crippen LogP contribution in [0.1, 0.15) is 56.1 Å². The number of nitrogens with zero attached hydrogens (tertiary/aromatic N) is 1. The van der Waals surface area contributed by atoms with E-state index in [9.17, 15) is 24.0 Å². The Morgan fingerprint density at radius 3 is 2.08 bits per heavy atom. The number of rotatable bonds is 7. The van der Waals surface area contributed by atoms with Crippen molar-refractivity contribution < 1.29 is 52.4 Å². The fourth-order valence-corrected chi connectivity index (χ4v) is 4.02. The first-order chi connectivity index (χ1) is 17.0. The number of aliphatic imine (C=N–C) groups is 1. The average molecular weight is 505 g/mol. The third-order valence-electron chi connectivity index (χ3n) is 5.35. The first kappa shape index (κ1) is 26.8. The van der Waals surface area contributed by atoms with Crippen LogP contribution in [0.5, 0.6) is 0 Å². The van der Waals surface area contributed by atoms with Crippen molar-refractivity contribution in [1.29, 1.82) is 0 Å². The van der Waals surface area contributed by atoms with E-state index >= 15 is 0 Å². The van der Waals surface area contributed by atoms with E-state index in [-0.39, 0.29) is 5.90 Å². The fourth-order valence-electron chi connectivity index (χ4n) is 4.02.